The molecule has 2 nitrogen and oxygen atoms in total. The Hall–Kier alpha value is -1.35. The third kappa shape index (κ3) is 1.88. The quantitative estimate of drug-likeness (QED) is 0.731. The zero-order valence-corrected chi connectivity index (χ0v) is 8.88. The lowest BCUT2D eigenvalue weighted by Gasteiger charge is -2.05. The minimum Gasteiger partial charge on any atom is -0.478 e. The second-order valence-electron chi connectivity index (χ2n) is 3.02. The normalized spacial score (nSPS) is 10.6. The van der Waals surface area contributed by atoms with E-state index >= 15 is 0 Å². The number of nitrogens with zero attached hydrogens (tertiary/aromatic N) is 1. The van der Waals surface area contributed by atoms with Crippen molar-refractivity contribution in [2.75, 3.05) is 6.61 Å². The molecule has 1 aromatic heterocycles. The Morgan fingerprint density at radius 3 is 2.93 bits per heavy atom. The number of pyridine rings is 1. The van der Waals surface area contributed by atoms with E-state index in [0.717, 1.165) is 0 Å². The SMILES string of the molecule is CCOc1cc2c(Cl)cccc2c(F)n1. The molecule has 0 amide bonds. The first-order valence-corrected chi connectivity index (χ1v) is 4.97. The standard InChI is InChI=1S/C11H9ClFNO/c1-2-15-10-6-8-7(11(13)14-10)4-3-5-9(8)12/h3-6H,2H2,1H3. The first-order valence-electron chi connectivity index (χ1n) is 4.60. The second kappa shape index (κ2) is 4.03. The molecule has 0 atom stereocenters. The van der Waals surface area contributed by atoms with Crippen LogP contribution >= 0.6 is 11.6 Å². The fourth-order valence-corrected chi connectivity index (χ4v) is 1.63. The van der Waals surface area contributed by atoms with Crippen LogP contribution in [0.4, 0.5) is 4.39 Å². The van der Waals surface area contributed by atoms with Crippen LogP contribution < -0.4 is 4.74 Å². The Morgan fingerprint density at radius 1 is 1.40 bits per heavy atom. The van der Waals surface area contributed by atoms with Crippen molar-refractivity contribution in [2.24, 2.45) is 0 Å². The van der Waals surface area contributed by atoms with Crippen LogP contribution in [0.1, 0.15) is 6.92 Å². The summed E-state index contributed by atoms with van der Waals surface area (Å²) in [6, 6.07) is 6.68. The molecule has 15 heavy (non-hydrogen) atoms. The molecule has 0 radical (unpaired) electrons. The van der Waals surface area contributed by atoms with E-state index in [-0.39, 0.29) is 5.88 Å². The summed E-state index contributed by atoms with van der Waals surface area (Å²) in [6.07, 6.45) is 0. The van der Waals surface area contributed by atoms with E-state index in [1.54, 1.807) is 24.3 Å². The van der Waals surface area contributed by atoms with E-state index in [4.69, 9.17) is 16.3 Å². The van der Waals surface area contributed by atoms with E-state index in [0.29, 0.717) is 22.4 Å². The molecule has 1 heterocycles. The summed E-state index contributed by atoms with van der Waals surface area (Å²) in [5, 5.41) is 1.52. The molecule has 0 bridgehead atoms. The van der Waals surface area contributed by atoms with Gasteiger partial charge in [-0.2, -0.15) is 9.37 Å². The van der Waals surface area contributed by atoms with Crippen LogP contribution in [-0.4, -0.2) is 11.6 Å². The summed E-state index contributed by atoms with van der Waals surface area (Å²) >= 11 is 5.95. The molecule has 0 aliphatic heterocycles. The van der Waals surface area contributed by atoms with Crippen LogP contribution in [0.2, 0.25) is 5.02 Å². The Balaban J connectivity index is 2.68. The monoisotopic (exact) mass is 225 g/mol. The van der Waals surface area contributed by atoms with Gasteiger partial charge in [-0.3, -0.25) is 0 Å². The molecule has 0 unspecified atom stereocenters. The summed E-state index contributed by atoms with van der Waals surface area (Å²) in [7, 11) is 0. The predicted molar refractivity (Wildman–Crippen MR) is 57.9 cm³/mol. The Morgan fingerprint density at radius 2 is 2.20 bits per heavy atom. The maximum atomic E-state index is 13.5. The van der Waals surface area contributed by atoms with E-state index in [1.807, 2.05) is 6.92 Å². The van der Waals surface area contributed by atoms with Gasteiger partial charge >= 0.3 is 0 Å². The summed E-state index contributed by atoms with van der Waals surface area (Å²) in [4.78, 5) is 3.68. The molecular formula is C11H9ClFNO. The minimum absolute atomic E-state index is 0.260. The van der Waals surface area contributed by atoms with Gasteiger partial charge in [0.1, 0.15) is 0 Å². The highest BCUT2D eigenvalue weighted by Gasteiger charge is 2.08. The number of fused-ring (bicyclic) bond motifs is 1. The van der Waals surface area contributed by atoms with Crippen molar-refractivity contribution in [1.29, 1.82) is 0 Å². The molecule has 0 aliphatic rings. The van der Waals surface area contributed by atoms with Gasteiger partial charge in [0, 0.05) is 21.9 Å². The number of hydrogen-bond donors (Lipinski definition) is 0. The molecule has 0 aliphatic carbocycles. The van der Waals surface area contributed by atoms with Crippen molar-refractivity contribution in [1.82, 2.24) is 4.98 Å². The Kier molecular flexibility index (Phi) is 2.73. The predicted octanol–water partition coefficient (Wildman–Crippen LogP) is 3.43. The first kappa shape index (κ1) is 10.2. The average molecular weight is 226 g/mol. The molecular weight excluding hydrogens is 217 g/mol. The molecule has 4 heteroatoms. The summed E-state index contributed by atoms with van der Waals surface area (Å²) in [5.74, 6) is -0.297. The summed E-state index contributed by atoms with van der Waals surface area (Å²) in [5.41, 5.74) is 0. The second-order valence-corrected chi connectivity index (χ2v) is 3.43. The third-order valence-corrected chi connectivity index (χ3v) is 2.37. The number of benzene rings is 1. The van der Waals surface area contributed by atoms with Crippen LogP contribution in [0.3, 0.4) is 0 Å². The topological polar surface area (TPSA) is 22.1 Å². The summed E-state index contributed by atoms with van der Waals surface area (Å²) < 4.78 is 18.6. The van der Waals surface area contributed by atoms with Gasteiger partial charge in [0.25, 0.3) is 0 Å². The van der Waals surface area contributed by atoms with Crippen LogP contribution in [-0.2, 0) is 0 Å². The molecule has 2 rings (SSSR count). The molecule has 0 spiro atoms. The fraction of sp³-hybridized carbons (Fsp3) is 0.182. The maximum Gasteiger partial charge on any atom is 0.224 e. The van der Waals surface area contributed by atoms with Crippen LogP contribution in [0.15, 0.2) is 24.3 Å². The molecule has 2 aromatic rings. The molecule has 0 N–H and O–H groups in total. The highest BCUT2D eigenvalue weighted by Crippen LogP contribution is 2.27. The lowest BCUT2D eigenvalue weighted by Crippen LogP contribution is -1.96. The van der Waals surface area contributed by atoms with Gasteiger partial charge in [-0.05, 0) is 19.1 Å². The van der Waals surface area contributed by atoms with Gasteiger partial charge in [-0.15, -0.1) is 0 Å². The zero-order valence-electron chi connectivity index (χ0n) is 8.13. The fourth-order valence-electron chi connectivity index (χ4n) is 1.40. The van der Waals surface area contributed by atoms with E-state index in [1.165, 1.54) is 0 Å². The third-order valence-electron chi connectivity index (χ3n) is 2.04. The van der Waals surface area contributed by atoms with Crippen LogP contribution in [0.25, 0.3) is 10.8 Å². The van der Waals surface area contributed by atoms with Gasteiger partial charge in [0.05, 0.1) is 6.61 Å². The van der Waals surface area contributed by atoms with Crippen molar-refractivity contribution >= 4 is 22.4 Å². The van der Waals surface area contributed by atoms with Gasteiger partial charge < -0.3 is 4.74 Å². The number of halogens is 2. The van der Waals surface area contributed by atoms with E-state index < -0.39 is 5.95 Å². The smallest absolute Gasteiger partial charge is 0.224 e. The van der Waals surface area contributed by atoms with Gasteiger partial charge in [-0.25, -0.2) is 0 Å². The maximum absolute atomic E-state index is 13.5. The van der Waals surface area contributed by atoms with Crippen LogP contribution in [0, 0.1) is 5.95 Å². The van der Waals surface area contributed by atoms with Gasteiger partial charge in [-0.1, -0.05) is 17.7 Å². The van der Waals surface area contributed by atoms with E-state index in [9.17, 15) is 4.39 Å². The first-order chi connectivity index (χ1) is 7.22. The Labute approximate surface area is 91.6 Å². The number of rotatable bonds is 2. The van der Waals surface area contributed by atoms with Crippen molar-refractivity contribution in [3.63, 3.8) is 0 Å². The van der Waals surface area contributed by atoms with E-state index in [2.05, 4.69) is 4.98 Å². The molecule has 0 saturated heterocycles. The number of aromatic nitrogens is 1. The summed E-state index contributed by atoms with van der Waals surface area (Å²) in [6.45, 7) is 2.26. The van der Waals surface area contributed by atoms with Crippen molar-refractivity contribution in [3.05, 3.63) is 35.2 Å². The molecule has 0 fully saturated rings. The lowest BCUT2D eigenvalue weighted by atomic mass is 10.2. The molecule has 1 aromatic carbocycles. The highest BCUT2D eigenvalue weighted by atomic mass is 35.5. The number of ether oxygens (including phenoxy) is 1. The highest BCUT2D eigenvalue weighted by molar-refractivity contribution is 6.35. The van der Waals surface area contributed by atoms with Crippen molar-refractivity contribution in [2.45, 2.75) is 6.92 Å². The lowest BCUT2D eigenvalue weighted by molar-refractivity contribution is 0.322. The zero-order chi connectivity index (χ0) is 10.8. The average Bonchev–Trinajstić information content (AvgIpc) is 2.20. The largest absolute Gasteiger partial charge is 0.478 e. The van der Waals surface area contributed by atoms with Crippen molar-refractivity contribution in [3.8, 4) is 5.88 Å². The van der Waals surface area contributed by atoms with Gasteiger partial charge in [0.2, 0.25) is 11.8 Å². The van der Waals surface area contributed by atoms with Crippen LogP contribution in [0.5, 0.6) is 5.88 Å². The molecule has 78 valence electrons. The Bertz CT molecular complexity index is 501. The molecule has 0 saturated carbocycles. The number of hydrogen-bond acceptors (Lipinski definition) is 2. The minimum atomic E-state index is -0.557. The van der Waals surface area contributed by atoms with Gasteiger partial charge in [0.15, 0.2) is 0 Å². The van der Waals surface area contributed by atoms with Crippen molar-refractivity contribution < 1.29 is 9.13 Å².